The van der Waals surface area contributed by atoms with Crippen molar-refractivity contribution in [3.8, 4) is 22.3 Å². The van der Waals surface area contributed by atoms with E-state index in [9.17, 15) is 41.9 Å². The van der Waals surface area contributed by atoms with Crippen LogP contribution in [-0.2, 0) is 32.3 Å². The number of nitrogens with zero attached hydrogens (tertiary/aromatic N) is 7. The van der Waals surface area contributed by atoms with E-state index in [1.54, 1.807) is 134 Å². The van der Waals surface area contributed by atoms with Crippen molar-refractivity contribution in [2.24, 2.45) is 11.5 Å². The van der Waals surface area contributed by atoms with Gasteiger partial charge in [-0.1, -0.05) is 83.9 Å². The van der Waals surface area contributed by atoms with Crippen LogP contribution in [0.4, 0.5) is 51.9 Å². The molecule has 2 saturated heterocycles. The summed E-state index contributed by atoms with van der Waals surface area (Å²) in [6.45, 7) is -0.721. The van der Waals surface area contributed by atoms with E-state index < -0.39 is 71.6 Å². The van der Waals surface area contributed by atoms with Crippen LogP contribution >= 0.6 is 35.6 Å². The van der Waals surface area contributed by atoms with Crippen LogP contribution in [0.1, 0.15) is 33.6 Å². The van der Waals surface area contributed by atoms with E-state index in [1.807, 2.05) is 0 Å². The lowest BCUT2D eigenvalue weighted by molar-refractivity contribution is -0.137. The second kappa shape index (κ2) is 29.4. The number of rotatable bonds is 16. The zero-order valence-corrected chi connectivity index (χ0v) is 50.4. The number of nitrogens with one attached hydrogen (secondary N) is 5. The van der Waals surface area contributed by atoms with Crippen LogP contribution in [-0.4, -0.2) is 113 Å². The first kappa shape index (κ1) is 66.0. The summed E-state index contributed by atoms with van der Waals surface area (Å²) in [4.78, 5) is 74.9. The highest BCUT2D eigenvalue weighted by Crippen LogP contribution is 2.36. The quantitative estimate of drug-likeness (QED) is 0.0418. The molecule has 0 saturated carbocycles. The number of nitrogens with two attached hydrogens (primary N) is 2. The fourth-order valence-electron chi connectivity index (χ4n) is 10.5. The topological polar surface area (TPSA) is 299 Å². The van der Waals surface area contributed by atoms with E-state index in [-0.39, 0.29) is 79.5 Å². The van der Waals surface area contributed by atoms with Gasteiger partial charge in [0.05, 0.1) is 35.1 Å². The minimum Gasteiger partial charge on any atom is -0.480 e. The highest BCUT2D eigenvalue weighted by Gasteiger charge is 2.40. The van der Waals surface area contributed by atoms with Crippen molar-refractivity contribution in [3.05, 3.63) is 203 Å². The standard InChI is InChI=1S/C32H26ClF2N7O3.C17H15ClF2N2O.C15H13N5O3.ClH/c33-24-7-2-1-5-20(24)21-6-3-8-25(30(21)35)39-32(45)27-13-18(34)15-42(27)29(43)17-41-16-23(31(36)44)22-14-19(10-11-26(22)41)38-28-9-4-12-37-40-28;18-13-6-2-1-4-11(13)12-5-3-7-14(16(12)20)22-17(23)15-8-10(19)9-21-15;16-15(23)11-7-20(8-14(21)22)12-4-3-9(6-10(11)12)18-13-2-1-5-17-19-13;/h1-12,14,16,18,27H,13,15,17H2,(H2,36,44)(H,38,40)(H,39,45);1-7,10,15,21H,8-9H2,(H,22,23);1-7H,8H2,(H2,16,23)(H,18,19)(H,21,22);1H/t18-,27+;10-,15+;;/m11../s1. The number of amides is 5. The summed E-state index contributed by atoms with van der Waals surface area (Å²) < 4.78 is 61.0. The molecule has 0 unspecified atom stereocenters. The molecule has 472 valence electrons. The Morgan fingerprint density at radius 1 is 0.587 bits per heavy atom. The third-order valence-electron chi connectivity index (χ3n) is 14.7. The molecular weight excluding hydrogens is 1260 g/mol. The Hall–Kier alpha value is -10.5. The van der Waals surface area contributed by atoms with E-state index >= 15 is 4.39 Å². The zero-order chi connectivity index (χ0) is 64.5. The Labute approximate surface area is 537 Å². The Balaban J connectivity index is 0.000000179. The van der Waals surface area contributed by atoms with Crippen LogP contribution < -0.4 is 38.1 Å². The molecular formula is C64H55Cl3F4N14O7. The molecule has 2 aliphatic heterocycles. The zero-order valence-electron chi connectivity index (χ0n) is 48.1. The summed E-state index contributed by atoms with van der Waals surface area (Å²) in [5.41, 5.74) is 15.3. The monoisotopic (exact) mass is 1310 g/mol. The van der Waals surface area contributed by atoms with Gasteiger partial charge < -0.3 is 57.2 Å². The van der Waals surface area contributed by atoms with Gasteiger partial charge in [0.25, 0.3) is 11.8 Å². The highest BCUT2D eigenvalue weighted by atomic mass is 35.5. The lowest BCUT2D eigenvalue weighted by Gasteiger charge is -2.24. The number of hydrogen-bond acceptors (Lipinski definition) is 13. The average molecular weight is 1310 g/mol. The highest BCUT2D eigenvalue weighted by molar-refractivity contribution is 6.33. The third-order valence-corrected chi connectivity index (χ3v) is 15.4. The van der Waals surface area contributed by atoms with Crippen LogP contribution in [0.5, 0.6) is 0 Å². The van der Waals surface area contributed by atoms with Gasteiger partial charge in [-0.3, -0.25) is 28.8 Å². The van der Waals surface area contributed by atoms with Crippen molar-refractivity contribution in [2.45, 2.75) is 50.4 Å². The smallest absolute Gasteiger partial charge is 0.323 e. The first-order valence-electron chi connectivity index (χ1n) is 28.0. The number of carbonyl (C=O) groups excluding carboxylic acids is 5. The number of benzene rings is 6. The van der Waals surface area contributed by atoms with Crippen molar-refractivity contribution in [1.82, 2.24) is 39.7 Å². The summed E-state index contributed by atoms with van der Waals surface area (Å²) >= 11 is 12.4. The number of primary amides is 2. The van der Waals surface area contributed by atoms with Gasteiger partial charge in [-0.2, -0.15) is 10.2 Å². The summed E-state index contributed by atoms with van der Waals surface area (Å²) in [6.07, 6.45) is 3.33. The van der Waals surface area contributed by atoms with Gasteiger partial charge >= 0.3 is 5.97 Å². The van der Waals surface area contributed by atoms with Gasteiger partial charge in [0.15, 0.2) is 23.3 Å². The number of fused-ring (bicyclic) bond motifs is 2. The van der Waals surface area contributed by atoms with Crippen molar-refractivity contribution >= 4 is 127 Å². The largest absolute Gasteiger partial charge is 0.480 e. The minimum absolute atomic E-state index is 0. The number of carbonyl (C=O) groups is 6. The molecule has 10 N–H and O–H groups in total. The van der Waals surface area contributed by atoms with Crippen LogP contribution in [0.15, 0.2) is 170 Å². The lowest BCUT2D eigenvalue weighted by Crippen LogP contribution is -2.44. The maximum Gasteiger partial charge on any atom is 0.323 e. The van der Waals surface area contributed by atoms with Crippen molar-refractivity contribution in [2.75, 3.05) is 34.4 Å². The Bertz CT molecular complexity index is 4400. The van der Waals surface area contributed by atoms with Crippen molar-refractivity contribution < 1.29 is 51.4 Å². The molecule has 4 atom stereocenters. The number of halogens is 7. The van der Waals surface area contributed by atoms with Gasteiger partial charge in [-0.05, 0) is 84.9 Å². The molecule has 0 bridgehead atoms. The summed E-state index contributed by atoms with van der Waals surface area (Å²) in [5, 5.41) is 40.2. The number of hydrogen-bond donors (Lipinski definition) is 8. The Morgan fingerprint density at radius 2 is 1.07 bits per heavy atom. The number of alkyl halides is 2. The van der Waals surface area contributed by atoms with Crippen LogP contribution in [0, 0.1) is 11.6 Å². The molecule has 12 rings (SSSR count). The molecule has 10 aromatic rings. The fraction of sp³-hybridized carbons (Fsp3) is 0.156. The predicted octanol–water partition coefficient (Wildman–Crippen LogP) is 10.9. The molecule has 0 aliphatic carbocycles. The van der Waals surface area contributed by atoms with Crippen molar-refractivity contribution in [1.29, 1.82) is 0 Å². The molecule has 6 heterocycles. The number of carboxylic acid groups (broad SMARTS) is 1. The second-order valence-electron chi connectivity index (χ2n) is 20.9. The number of aliphatic carboxylic acids is 1. The van der Waals surface area contributed by atoms with E-state index in [1.165, 1.54) is 45.9 Å². The second-order valence-corrected chi connectivity index (χ2v) is 21.7. The van der Waals surface area contributed by atoms with Gasteiger partial charge in [0.1, 0.15) is 31.5 Å². The first-order valence-corrected chi connectivity index (χ1v) is 28.7. The molecule has 6 aromatic carbocycles. The summed E-state index contributed by atoms with van der Waals surface area (Å²) in [5.74, 6) is -4.29. The Kier molecular flexibility index (Phi) is 21.1. The SMILES string of the molecule is Cl.NC(=O)c1cn(CC(=O)N2C[C@H](F)C[C@H]2C(=O)Nc2cccc(-c3ccccc3Cl)c2F)c2ccc(Nc3cccnn3)cc12.NC(=O)c1cn(CC(=O)O)c2ccc(Nc3cccnn3)cc12.O=C(Nc1cccc(-c2ccccc2Cl)c1F)[C@@H]1C[C@@H](F)CN1. The van der Waals surface area contributed by atoms with E-state index in [4.69, 9.17) is 39.8 Å². The molecule has 4 aromatic heterocycles. The van der Waals surface area contributed by atoms with Gasteiger partial charge in [-0.15, -0.1) is 22.6 Å². The number of aromatic nitrogens is 6. The van der Waals surface area contributed by atoms with Gasteiger partial charge in [-0.25, -0.2) is 17.6 Å². The Morgan fingerprint density at radius 3 is 1.51 bits per heavy atom. The van der Waals surface area contributed by atoms with Gasteiger partial charge in [0, 0.05) is 110 Å². The number of carboxylic acids is 1. The molecule has 0 radical (unpaired) electrons. The molecule has 28 heteroatoms. The molecule has 92 heavy (non-hydrogen) atoms. The third kappa shape index (κ3) is 15.4. The predicted molar refractivity (Wildman–Crippen MR) is 344 cm³/mol. The van der Waals surface area contributed by atoms with E-state index in [0.29, 0.717) is 71.6 Å². The molecule has 2 aliphatic rings. The number of likely N-dealkylation sites (tertiary alicyclic amines) is 1. The maximum atomic E-state index is 15.5. The van der Waals surface area contributed by atoms with Crippen molar-refractivity contribution in [3.63, 3.8) is 0 Å². The van der Waals surface area contributed by atoms with Crippen LogP contribution in [0.2, 0.25) is 10.0 Å². The van der Waals surface area contributed by atoms with E-state index in [0.717, 1.165) is 4.90 Å². The van der Waals surface area contributed by atoms with Gasteiger partial charge in [0.2, 0.25) is 17.7 Å². The average Bonchev–Trinajstić information content (AvgIpc) is 1.63. The molecule has 2 fully saturated rings. The molecule has 0 spiro atoms. The molecule has 21 nitrogen and oxygen atoms in total. The maximum absolute atomic E-state index is 15.5. The molecule has 5 amide bonds. The first-order chi connectivity index (χ1) is 43.8. The summed E-state index contributed by atoms with van der Waals surface area (Å²) in [7, 11) is 0. The summed E-state index contributed by atoms with van der Waals surface area (Å²) in [6, 6.07) is 38.2. The number of anilines is 6. The lowest BCUT2D eigenvalue weighted by atomic mass is 10.0. The van der Waals surface area contributed by atoms with E-state index in [2.05, 4.69) is 47.0 Å². The minimum atomic E-state index is -1.46. The fourth-order valence-corrected chi connectivity index (χ4v) is 11.0. The normalized spacial score (nSPS) is 15.7. The van der Waals surface area contributed by atoms with Crippen LogP contribution in [0.25, 0.3) is 44.1 Å². The van der Waals surface area contributed by atoms with Crippen LogP contribution in [0.3, 0.4) is 0 Å².